The van der Waals surface area contributed by atoms with Crippen molar-refractivity contribution < 1.29 is 4.79 Å². The fraction of sp³-hybridized carbons (Fsp3) is 0.500. The predicted molar refractivity (Wildman–Crippen MR) is 64.2 cm³/mol. The minimum Gasteiger partial charge on any atom is -0.300 e. The third-order valence-electron chi connectivity index (χ3n) is 2.73. The van der Waals surface area contributed by atoms with Crippen LogP contribution in [0.2, 0.25) is 0 Å². The smallest absolute Gasteiger partial charge is 0.134 e. The molecule has 0 atom stereocenters. The molecule has 0 aliphatic carbocycles. The lowest BCUT2D eigenvalue weighted by Crippen LogP contribution is -2.03. The largest absolute Gasteiger partial charge is 0.300 e. The second-order valence-electron chi connectivity index (χ2n) is 4.19. The van der Waals surface area contributed by atoms with Crippen LogP contribution in [0.25, 0.3) is 0 Å². The number of Topliss-reactive ketones (excluding diaryl/α,β-unsaturated/α-hetero) is 1. The first kappa shape index (κ1) is 12.0. The Morgan fingerprint density at radius 1 is 1.33 bits per heavy atom. The molecule has 0 fully saturated rings. The number of hydrogen-bond acceptors (Lipinski definition) is 1. The molecule has 15 heavy (non-hydrogen) atoms. The van der Waals surface area contributed by atoms with Crippen LogP contribution in [0.1, 0.15) is 43.4 Å². The zero-order valence-electron chi connectivity index (χ0n) is 9.97. The van der Waals surface area contributed by atoms with Crippen molar-refractivity contribution in [3.63, 3.8) is 0 Å². The highest BCUT2D eigenvalue weighted by atomic mass is 16.1. The Balaban J connectivity index is 2.92. The van der Waals surface area contributed by atoms with Crippen molar-refractivity contribution >= 4 is 5.78 Å². The molecule has 1 rings (SSSR count). The van der Waals surface area contributed by atoms with E-state index in [1.807, 2.05) is 0 Å². The molecule has 1 aromatic rings. The molecule has 0 N–H and O–H groups in total. The van der Waals surface area contributed by atoms with Gasteiger partial charge in [-0.1, -0.05) is 31.5 Å². The average Bonchev–Trinajstić information content (AvgIpc) is 2.18. The van der Waals surface area contributed by atoms with Gasteiger partial charge >= 0.3 is 0 Å². The van der Waals surface area contributed by atoms with E-state index in [1.54, 1.807) is 6.92 Å². The normalized spacial score (nSPS) is 10.3. The standard InChI is InChI=1S/C14H20O/c1-4-5-8-13-9-6-7-11(2)14(13)10-12(3)15/h6-7,9H,4-5,8,10H2,1-3H3. The number of hydrogen-bond donors (Lipinski definition) is 0. The summed E-state index contributed by atoms with van der Waals surface area (Å²) in [7, 11) is 0. The van der Waals surface area contributed by atoms with Gasteiger partial charge in [0, 0.05) is 6.42 Å². The Kier molecular flexibility index (Phi) is 4.54. The topological polar surface area (TPSA) is 17.1 Å². The van der Waals surface area contributed by atoms with E-state index in [1.165, 1.54) is 29.5 Å². The predicted octanol–water partition coefficient (Wildman–Crippen LogP) is 3.47. The third-order valence-corrected chi connectivity index (χ3v) is 2.73. The summed E-state index contributed by atoms with van der Waals surface area (Å²) in [5.74, 6) is 0.252. The van der Waals surface area contributed by atoms with Gasteiger partial charge in [0.25, 0.3) is 0 Å². The Bertz CT molecular complexity index is 339. The van der Waals surface area contributed by atoms with E-state index >= 15 is 0 Å². The summed E-state index contributed by atoms with van der Waals surface area (Å²) in [6.45, 7) is 5.95. The van der Waals surface area contributed by atoms with Crippen LogP contribution in [0.15, 0.2) is 18.2 Å². The molecule has 0 aliphatic rings. The fourth-order valence-electron chi connectivity index (χ4n) is 1.87. The summed E-state index contributed by atoms with van der Waals surface area (Å²) in [6, 6.07) is 6.33. The molecule has 0 saturated carbocycles. The van der Waals surface area contributed by atoms with Gasteiger partial charge in [-0.2, -0.15) is 0 Å². The first-order valence-corrected chi connectivity index (χ1v) is 5.72. The number of benzene rings is 1. The summed E-state index contributed by atoms with van der Waals surface area (Å²) in [5.41, 5.74) is 3.85. The first-order chi connectivity index (χ1) is 7.15. The van der Waals surface area contributed by atoms with Gasteiger partial charge in [0.15, 0.2) is 0 Å². The molecule has 0 unspecified atom stereocenters. The van der Waals surface area contributed by atoms with Crippen LogP contribution in [-0.4, -0.2) is 5.78 Å². The number of unbranched alkanes of at least 4 members (excludes halogenated alkanes) is 1. The van der Waals surface area contributed by atoms with Crippen molar-refractivity contribution in [3.05, 3.63) is 34.9 Å². The maximum atomic E-state index is 11.2. The van der Waals surface area contributed by atoms with Gasteiger partial charge in [0.2, 0.25) is 0 Å². The van der Waals surface area contributed by atoms with Crippen molar-refractivity contribution in [2.45, 2.75) is 46.5 Å². The molecular weight excluding hydrogens is 184 g/mol. The SMILES string of the molecule is CCCCc1cccc(C)c1CC(C)=O. The van der Waals surface area contributed by atoms with Crippen molar-refractivity contribution in [1.29, 1.82) is 0 Å². The maximum Gasteiger partial charge on any atom is 0.134 e. The number of rotatable bonds is 5. The van der Waals surface area contributed by atoms with Gasteiger partial charge in [-0.15, -0.1) is 0 Å². The molecule has 82 valence electrons. The number of aryl methyl sites for hydroxylation is 2. The first-order valence-electron chi connectivity index (χ1n) is 5.72. The lowest BCUT2D eigenvalue weighted by atomic mass is 9.94. The summed E-state index contributed by atoms with van der Waals surface area (Å²) in [6.07, 6.45) is 4.09. The van der Waals surface area contributed by atoms with Crippen LogP contribution < -0.4 is 0 Å². The van der Waals surface area contributed by atoms with E-state index in [-0.39, 0.29) is 5.78 Å². The van der Waals surface area contributed by atoms with E-state index in [9.17, 15) is 4.79 Å². The van der Waals surface area contributed by atoms with Crippen LogP contribution >= 0.6 is 0 Å². The zero-order chi connectivity index (χ0) is 11.3. The molecule has 0 radical (unpaired) electrons. The Hall–Kier alpha value is -1.11. The molecule has 0 bridgehead atoms. The molecule has 0 aliphatic heterocycles. The third kappa shape index (κ3) is 3.50. The second kappa shape index (κ2) is 5.69. The fourth-order valence-corrected chi connectivity index (χ4v) is 1.87. The lowest BCUT2D eigenvalue weighted by molar-refractivity contribution is -0.116. The van der Waals surface area contributed by atoms with Crippen molar-refractivity contribution in [2.24, 2.45) is 0 Å². The van der Waals surface area contributed by atoms with E-state index in [0.29, 0.717) is 6.42 Å². The highest BCUT2D eigenvalue weighted by Gasteiger charge is 2.07. The van der Waals surface area contributed by atoms with Crippen LogP contribution in [0, 0.1) is 6.92 Å². The van der Waals surface area contributed by atoms with E-state index in [2.05, 4.69) is 32.0 Å². The molecule has 1 heteroatoms. The summed E-state index contributed by atoms with van der Waals surface area (Å²) in [5, 5.41) is 0. The lowest BCUT2D eigenvalue weighted by Gasteiger charge is -2.10. The molecular formula is C14H20O. The van der Waals surface area contributed by atoms with E-state index in [4.69, 9.17) is 0 Å². The van der Waals surface area contributed by atoms with E-state index < -0.39 is 0 Å². The van der Waals surface area contributed by atoms with Crippen molar-refractivity contribution in [2.75, 3.05) is 0 Å². The number of carbonyl (C=O) groups excluding carboxylic acids is 1. The summed E-state index contributed by atoms with van der Waals surface area (Å²) >= 11 is 0. The second-order valence-corrected chi connectivity index (χ2v) is 4.19. The molecule has 1 aromatic carbocycles. The summed E-state index contributed by atoms with van der Waals surface area (Å²) < 4.78 is 0. The zero-order valence-corrected chi connectivity index (χ0v) is 9.97. The number of ketones is 1. The quantitative estimate of drug-likeness (QED) is 0.717. The van der Waals surface area contributed by atoms with Crippen molar-refractivity contribution in [3.8, 4) is 0 Å². The highest BCUT2D eigenvalue weighted by molar-refractivity contribution is 5.79. The van der Waals surface area contributed by atoms with Crippen molar-refractivity contribution in [1.82, 2.24) is 0 Å². The molecule has 1 nitrogen and oxygen atoms in total. The molecule has 0 spiro atoms. The monoisotopic (exact) mass is 204 g/mol. The van der Waals surface area contributed by atoms with Crippen LogP contribution in [-0.2, 0) is 17.6 Å². The Morgan fingerprint density at radius 3 is 2.67 bits per heavy atom. The maximum absolute atomic E-state index is 11.2. The van der Waals surface area contributed by atoms with Gasteiger partial charge in [-0.3, -0.25) is 4.79 Å². The molecule has 0 heterocycles. The minimum atomic E-state index is 0.252. The van der Waals surface area contributed by atoms with Crippen LogP contribution in [0.5, 0.6) is 0 Å². The average molecular weight is 204 g/mol. The highest BCUT2D eigenvalue weighted by Crippen LogP contribution is 2.17. The van der Waals surface area contributed by atoms with E-state index in [0.717, 1.165) is 6.42 Å². The van der Waals surface area contributed by atoms with Gasteiger partial charge in [0.05, 0.1) is 0 Å². The molecule has 0 aromatic heterocycles. The Morgan fingerprint density at radius 2 is 2.07 bits per heavy atom. The minimum absolute atomic E-state index is 0.252. The van der Waals surface area contributed by atoms with Crippen LogP contribution in [0.4, 0.5) is 0 Å². The van der Waals surface area contributed by atoms with Crippen LogP contribution in [0.3, 0.4) is 0 Å². The van der Waals surface area contributed by atoms with Gasteiger partial charge in [-0.25, -0.2) is 0 Å². The molecule has 0 saturated heterocycles. The van der Waals surface area contributed by atoms with Gasteiger partial charge in [0.1, 0.15) is 5.78 Å². The Labute approximate surface area is 92.5 Å². The van der Waals surface area contributed by atoms with Gasteiger partial charge in [-0.05, 0) is 43.4 Å². The molecule has 0 amide bonds. The number of carbonyl (C=O) groups is 1. The van der Waals surface area contributed by atoms with Gasteiger partial charge < -0.3 is 0 Å². The summed E-state index contributed by atoms with van der Waals surface area (Å²) in [4.78, 5) is 11.2.